The molecule has 88 valence electrons. The van der Waals surface area contributed by atoms with Gasteiger partial charge in [0, 0.05) is 11.8 Å². The lowest BCUT2D eigenvalue weighted by atomic mass is 10.1. The Balaban J connectivity index is 2.19. The maximum atomic E-state index is 11.4. The molecule has 2 rings (SSSR count). The largest absolute Gasteiger partial charge is 0.378 e. The number of aryl methyl sites for hydroxylation is 1. The van der Waals surface area contributed by atoms with Crippen molar-refractivity contribution in [2.45, 2.75) is 45.1 Å². The van der Waals surface area contributed by atoms with Crippen LogP contribution in [-0.4, -0.2) is 22.7 Å². The molecule has 1 aromatic heterocycles. The van der Waals surface area contributed by atoms with E-state index in [0.29, 0.717) is 6.61 Å². The van der Waals surface area contributed by atoms with E-state index in [-0.39, 0.29) is 17.1 Å². The minimum Gasteiger partial charge on any atom is -0.378 e. The molecule has 0 aromatic carbocycles. The van der Waals surface area contributed by atoms with Crippen molar-refractivity contribution in [2.24, 2.45) is 0 Å². The number of hydrogen-bond acceptors (Lipinski definition) is 3. The Morgan fingerprint density at radius 3 is 2.75 bits per heavy atom. The standard InChI is InChI=1S/C12H18N2O2/c1-8(2)16-7-12(4-5-12)11-13-9(3)6-10(15)14-11/h6,8H,4-5,7H2,1-3H3,(H,13,14,15). The van der Waals surface area contributed by atoms with E-state index in [4.69, 9.17) is 4.74 Å². The van der Waals surface area contributed by atoms with Gasteiger partial charge in [0.1, 0.15) is 5.82 Å². The molecular weight excluding hydrogens is 204 g/mol. The highest BCUT2D eigenvalue weighted by Gasteiger charge is 2.47. The molecule has 4 nitrogen and oxygen atoms in total. The number of H-pyrrole nitrogens is 1. The van der Waals surface area contributed by atoms with E-state index in [0.717, 1.165) is 24.4 Å². The SMILES string of the molecule is Cc1cc(=O)[nH]c(C2(COC(C)C)CC2)n1. The van der Waals surface area contributed by atoms with Gasteiger partial charge in [-0.15, -0.1) is 0 Å². The first-order chi connectivity index (χ1) is 7.52. The summed E-state index contributed by atoms with van der Waals surface area (Å²) >= 11 is 0. The van der Waals surface area contributed by atoms with Crippen LogP contribution in [0.3, 0.4) is 0 Å². The first-order valence-electron chi connectivity index (χ1n) is 5.72. The first kappa shape index (κ1) is 11.3. The van der Waals surface area contributed by atoms with Gasteiger partial charge in [-0.1, -0.05) is 0 Å². The molecule has 1 N–H and O–H groups in total. The summed E-state index contributed by atoms with van der Waals surface area (Å²) in [5.74, 6) is 0.790. The summed E-state index contributed by atoms with van der Waals surface area (Å²) in [6, 6.07) is 1.52. The smallest absolute Gasteiger partial charge is 0.251 e. The Labute approximate surface area is 95.1 Å². The van der Waals surface area contributed by atoms with Crippen molar-refractivity contribution in [3.05, 3.63) is 27.9 Å². The maximum absolute atomic E-state index is 11.4. The molecule has 16 heavy (non-hydrogen) atoms. The van der Waals surface area contributed by atoms with E-state index in [1.807, 2.05) is 20.8 Å². The quantitative estimate of drug-likeness (QED) is 0.840. The number of nitrogens with one attached hydrogen (secondary N) is 1. The van der Waals surface area contributed by atoms with Crippen LogP contribution in [0.25, 0.3) is 0 Å². The normalized spacial score (nSPS) is 17.8. The molecule has 0 aliphatic heterocycles. The van der Waals surface area contributed by atoms with E-state index < -0.39 is 0 Å². The summed E-state index contributed by atoms with van der Waals surface area (Å²) < 4.78 is 5.64. The van der Waals surface area contributed by atoms with E-state index in [1.54, 1.807) is 0 Å². The number of hydrogen-bond donors (Lipinski definition) is 1. The van der Waals surface area contributed by atoms with Crippen molar-refractivity contribution < 1.29 is 4.74 Å². The molecule has 1 aliphatic rings. The van der Waals surface area contributed by atoms with Crippen LogP contribution in [0.15, 0.2) is 10.9 Å². The molecule has 0 radical (unpaired) electrons. The van der Waals surface area contributed by atoms with Gasteiger partial charge < -0.3 is 9.72 Å². The van der Waals surface area contributed by atoms with Gasteiger partial charge in [0.05, 0.1) is 18.1 Å². The predicted octanol–water partition coefficient (Wildman–Crippen LogP) is 1.53. The molecule has 0 amide bonds. The minimum atomic E-state index is -0.0710. The number of ether oxygens (including phenoxy) is 1. The highest BCUT2D eigenvalue weighted by atomic mass is 16.5. The summed E-state index contributed by atoms with van der Waals surface area (Å²) in [7, 11) is 0. The first-order valence-corrected chi connectivity index (χ1v) is 5.72. The molecule has 0 unspecified atom stereocenters. The number of nitrogens with zero attached hydrogens (tertiary/aromatic N) is 1. The lowest BCUT2D eigenvalue weighted by Crippen LogP contribution is -2.24. The van der Waals surface area contributed by atoms with Crippen molar-refractivity contribution >= 4 is 0 Å². The second-order valence-corrected chi connectivity index (χ2v) is 4.88. The van der Waals surface area contributed by atoms with Crippen molar-refractivity contribution in [3.8, 4) is 0 Å². The van der Waals surface area contributed by atoms with Gasteiger partial charge in [-0.05, 0) is 33.6 Å². The number of aromatic nitrogens is 2. The highest BCUT2D eigenvalue weighted by Crippen LogP contribution is 2.46. The van der Waals surface area contributed by atoms with Gasteiger partial charge in [-0.25, -0.2) is 4.98 Å². The molecule has 1 fully saturated rings. The molecular formula is C12H18N2O2. The van der Waals surface area contributed by atoms with Crippen LogP contribution in [0.4, 0.5) is 0 Å². The summed E-state index contributed by atoms with van der Waals surface area (Å²) in [6.45, 7) is 6.53. The van der Waals surface area contributed by atoms with E-state index in [2.05, 4.69) is 9.97 Å². The fraction of sp³-hybridized carbons (Fsp3) is 0.667. The fourth-order valence-corrected chi connectivity index (χ4v) is 1.76. The van der Waals surface area contributed by atoms with Gasteiger partial charge in [0.15, 0.2) is 0 Å². The van der Waals surface area contributed by atoms with Crippen LogP contribution < -0.4 is 5.56 Å². The number of aromatic amines is 1. The Kier molecular flexibility index (Phi) is 2.84. The van der Waals surface area contributed by atoms with E-state index in [9.17, 15) is 4.79 Å². The predicted molar refractivity (Wildman–Crippen MR) is 61.6 cm³/mol. The molecule has 1 heterocycles. The van der Waals surface area contributed by atoms with E-state index in [1.165, 1.54) is 6.07 Å². The Hall–Kier alpha value is -1.16. The van der Waals surface area contributed by atoms with Gasteiger partial charge in [-0.2, -0.15) is 0 Å². The van der Waals surface area contributed by atoms with Crippen molar-refractivity contribution in [1.82, 2.24) is 9.97 Å². The topological polar surface area (TPSA) is 55.0 Å². The van der Waals surface area contributed by atoms with Crippen molar-refractivity contribution in [3.63, 3.8) is 0 Å². The van der Waals surface area contributed by atoms with Crippen LogP contribution in [0.1, 0.15) is 38.2 Å². The number of rotatable bonds is 4. The van der Waals surface area contributed by atoms with Crippen molar-refractivity contribution in [1.29, 1.82) is 0 Å². The second kappa shape index (κ2) is 4.01. The van der Waals surface area contributed by atoms with Crippen LogP contribution in [0, 0.1) is 6.92 Å². The lowest BCUT2D eigenvalue weighted by molar-refractivity contribution is 0.0602. The Morgan fingerprint density at radius 2 is 2.25 bits per heavy atom. The van der Waals surface area contributed by atoms with Crippen LogP contribution >= 0.6 is 0 Å². The summed E-state index contributed by atoms with van der Waals surface area (Å²) in [6.07, 6.45) is 2.31. The van der Waals surface area contributed by atoms with Gasteiger partial charge in [0.2, 0.25) is 0 Å². The summed E-state index contributed by atoms with van der Waals surface area (Å²) in [5.41, 5.74) is 0.669. The molecule has 0 bridgehead atoms. The molecule has 1 aromatic rings. The highest BCUT2D eigenvalue weighted by molar-refractivity contribution is 5.19. The third kappa shape index (κ3) is 2.32. The Bertz CT molecular complexity index is 433. The Morgan fingerprint density at radius 1 is 1.56 bits per heavy atom. The maximum Gasteiger partial charge on any atom is 0.251 e. The third-order valence-corrected chi connectivity index (χ3v) is 2.92. The molecule has 4 heteroatoms. The summed E-state index contributed by atoms with van der Waals surface area (Å²) in [4.78, 5) is 18.6. The zero-order valence-corrected chi connectivity index (χ0v) is 10.0. The van der Waals surface area contributed by atoms with Crippen LogP contribution in [-0.2, 0) is 10.2 Å². The molecule has 0 saturated heterocycles. The van der Waals surface area contributed by atoms with E-state index >= 15 is 0 Å². The fourth-order valence-electron chi connectivity index (χ4n) is 1.76. The monoisotopic (exact) mass is 222 g/mol. The minimum absolute atomic E-state index is 0.0323. The average Bonchev–Trinajstić information content (AvgIpc) is 2.94. The lowest BCUT2D eigenvalue weighted by Gasteiger charge is -2.16. The van der Waals surface area contributed by atoms with Gasteiger partial charge in [-0.3, -0.25) is 4.79 Å². The van der Waals surface area contributed by atoms with Gasteiger partial charge >= 0.3 is 0 Å². The molecule has 1 saturated carbocycles. The molecule has 1 aliphatic carbocycles. The third-order valence-electron chi connectivity index (χ3n) is 2.92. The molecule has 0 spiro atoms. The zero-order valence-electron chi connectivity index (χ0n) is 10.0. The van der Waals surface area contributed by atoms with Crippen LogP contribution in [0.5, 0.6) is 0 Å². The second-order valence-electron chi connectivity index (χ2n) is 4.88. The van der Waals surface area contributed by atoms with Crippen LogP contribution in [0.2, 0.25) is 0 Å². The zero-order chi connectivity index (χ0) is 11.8. The van der Waals surface area contributed by atoms with Crippen molar-refractivity contribution in [2.75, 3.05) is 6.61 Å². The summed E-state index contributed by atoms with van der Waals surface area (Å²) in [5, 5.41) is 0. The van der Waals surface area contributed by atoms with Gasteiger partial charge in [0.25, 0.3) is 5.56 Å². The molecule has 0 atom stereocenters. The average molecular weight is 222 g/mol.